The van der Waals surface area contributed by atoms with Gasteiger partial charge in [-0.25, -0.2) is 0 Å². The third-order valence-corrected chi connectivity index (χ3v) is 5.76. The molecule has 0 aliphatic rings. The number of fused-ring (bicyclic) bond motifs is 1. The molecule has 29 heavy (non-hydrogen) atoms. The van der Waals surface area contributed by atoms with Gasteiger partial charge in [0.2, 0.25) is 0 Å². The zero-order valence-corrected chi connectivity index (χ0v) is 18.0. The predicted octanol–water partition coefficient (Wildman–Crippen LogP) is 3.93. The van der Waals surface area contributed by atoms with Crippen LogP contribution in [0, 0.1) is 6.92 Å². The highest BCUT2D eigenvalue weighted by Crippen LogP contribution is 2.24. The summed E-state index contributed by atoms with van der Waals surface area (Å²) in [6.07, 6.45) is 3.84. The third kappa shape index (κ3) is 6.84. The molecule has 6 heteroatoms. The molecular formula is C23H35BN2O3. The third-order valence-electron chi connectivity index (χ3n) is 5.76. The summed E-state index contributed by atoms with van der Waals surface area (Å²) in [4.78, 5) is 13.9. The molecular weight excluding hydrogens is 363 g/mol. The molecule has 5 nitrogen and oxygen atoms in total. The lowest BCUT2D eigenvalue weighted by atomic mass is 9.66. The standard InChI is InChI=1S/C23H35BN2O3/c1-18-11-12-19(21-10-5-4-9-20(18)21)17-26(3)16-8-14-23(25,22(27)28)13-6-7-15-24(2)29/h4-5,9-12,29H,6-8,13-17,25H2,1-3H3,(H,27,28). The van der Waals surface area contributed by atoms with Crippen molar-refractivity contribution in [3.8, 4) is 0 Å². The van der Waals surface area contributed by atoms with E-state index in [4.69, 9.17) is 5.73 Å². The molecule has 0 saturated carbocycles. The highest BCUT2D eigenvalue weighted by atomic mass is 16.4. The summed E-state index contributed by atoms with van der Waals surface area (Å²) in [7, 11) is 2.07. The number of aliphatic carboxylic acids is 1. The van der Waals surface area contributed by atoms with Crippen molar-refractivity contribution in [2.45, 2.75) is 64.3 Å². The SMILES string of the molecule is CB(O)CCCCC(N)(CCCN(C)Cc1ccc(C)c2ccccc12)C(=O)O. The molecule has 1 atom stereocenters. The number of hydrogen-bond donors (Lipinski definition) is 3. The van der Waals surface area contributed by atoms with E-state index in [9.17, 15) is 14.9 Å². The van der Waals surface area contributed by atoms with Crippen LogP contribution in [-0.2, 0) is 11.3 Å². The summed E-state index contributed by atoms with van der Waals surface area (Å²) in [6.45, 7) is 5.14. The zero-order valence-electron chi connectivity index (χ0n) is 18.0. The van der Waals surface area contributed by atoms with Crippen LogP contribution in [0.3, 0.4) is 0 Å². The Bertz CT molecular complexity index is 812. The van der Waals surface area contributed by atoms with Gasteiger partial charge in [0.05, 0.1) is 0 Å². The maximum Gasteiger partial charge on any atom is 0.323 e. The maximum atomic E-state index is 11.7. The van der Waals surface area contributed by atoms with Crippen LogP contribution in [0.15, 0.2) is 36.4 Å². The molecule has 0 saturated heterocycles. The Balaban J connectivity index is 1.89. The fraction of sp³-hybridized carbons (Fsp3) is 0.522. The molecule has 2 aromatic carbocycles. The van der Waals surface area contributed by atoms with E-state index >= 15 is 0 Å². The van der Waals surface area contributed by atoms with Crippen LogP contribution in [0.2, 0.25) is 13.1 Å². The second kappa shape index (κ2) is 10.8. The number of aryl methyl sites for hydroxylation is 1. The van der Waals surface area contributed by atoms with Crippen LogP contribution >= 0.6 is 0 Å². The molecule has 0 aliphatic heterocycles. The van der Waals surface area contributed by atoms with Gasteiger partial charge in [0, 0.05) is 6.54 Å². The number of nitrogens with zero attached hydrogens (tertiary/aromatic N) is 1. The fourth-order valence-electron chi connectivity index (χ4n) is 3.90. The average Bonchev–Trinajstić information content (AvgIpc) is 2.67. The molecule has 0 radical (unpaired) electrons. The Hall–Kier alpha value is -1.89. The largest absolute Gasteiger partial charge is 0.480 e. The topological polar surface area (TPSA) is 86.8 Å². The van der Waals surface area contributed by atoms with Crippen molar-refractivity contribution >= 4 is 23.7 Å². The van der Waals surface area contributed by atoms with Gasteiger partial charge in [-0.15, -0.1) is 0 Å². The van der Waals surface area contributed by atoms with Gasteiger partial charge in [0.15, 0.2) is 0 Å². The zero-order chi connectivity index (χ0) is 21.4. The number of carbonyl (C=O) groups is 1. The number of rotatable bonds is 12. The van der Waals surface area contributed by atoms with Gasteiger partial charge in [-0.2, -0.15) is 0 Å². The quantitative estimate of drug-likeness (QED) is 0.373. The molecule has 158 valence electrons. The number of hydrogen-bond acceptors (Lipinski definition) is 4. The van der Waals surface area contributed by atoms with Crippen molar-refractivity contribution in [2.75, 3.05) is 13.6 Å². The van der Waals surface area contributed by atoms with Crippen LogP contribution in [0.25, 0.3) is 10.8 Å². The predicted molar refractivity (Wildman–Crippen MR) is 121 cm³/mol. The Kier molecular flexibility index (Phi) is 8.69. The van der Waals surface area contributed by atoms with E-state index in [2.05, 4.69) is 55.3 Å². The number of carboxylic acid groups (broad SMARTS) is 1. The molecule has 0 aromatic heterocycles. The van der Waals surface area contributed by atoms with Crippen molar-refractivity contribution < 1.29 is 14.9 Å². The van der Waals surface area contributed by atoms with Gasteiger partial charge in [-0.1, -0.05) is 56.1 Å². The smallest absolute Gasteiger partial charge is 0.323 e. The minimum Gasteiger partial charge on any atom is -0.480 e. The second-order valence-electron chi connectivity index (χ2n) is 8.48. The molecule has 4 N–H and O–H groups in total. The summed E-state index contributed by atoms with van der Waals surface area (Å²) < 4.78 is 0. The fourth-order valence-corrected chi connectivity index (χ4v) is 3.90. The number of nitrogens with two attached hydrogens (primary N) is 1. The van der Waals surface area contributed by atoms with Gasteiger partial charge in [-0.05, 0) is 68.0 Å². The normalized spacial score (nSPS) is 13.6. The Morgan fingerprint density at radius 2 is 1.76 bits per heavy atom. The van der Waals surface area contributed by atoms with Crippen LogP contribution in [0.1, 0.15) is 43.2 Å². The van der Waals surface area contributed by atoms with Crippen LogP contribution in [-0.4, -0.2) is 47.0 Å². The molecule has 0 fully saturated rings. The first-order chi connectivity index (χ1) is 13.7. The Morgan fingerprint density at radius 3 is 2.41 bits per heavy atom. The summed E-state index contributed by atoms with van der Waals surface area (Å²) in [5.74, 6) is -0.929. The lowest BCUT2D eigenvalue weighted by Gasteiger charge is -2.26. The molecule has 0 heterocycles. The molecule has 1 unspecified atom stereocenters. The van der Waals surface area contributed by atoms with Crippen molar-refractivity contribution in [3.05, 3.63) is 47.5 Å². The van der Waals surface area contributed by atoms with Gasteiger partial charge in [0.1, 0.15) is 5.54 Å². The summed E-state index contributed by atoms with van der Waals surface area (Å²) in [5.41, 5.74) is 7.58. The van der Waals surface area contributed by atoms with Crippen molar-refractivity contribution in [1.82, 2.24) is 4.90 Å². The highest BCUT2D eigenvalue weighted by molar-refractivity contribution is 6.48. The van der Waals surface area contributed by atoms with Gasteiger partial charge in [0.25, 0.3) is 6.92 Å². The molecule has 0 bridgehead atoms. The lowest BCUT2D eigenvalue weighted by Crippen LogP contribution is -2.48. The number of carboxylic acids is 1. The van der Waals surface area contributed by atoms with E-state index in [1.54, 1.807) is 6.82 Å². The first-order valence-electron chi connectivity index (χ1n) is 10.6. The summed E-state index contributed by atoms with van der Waals surface area (Å²) in [6, 6.07) is 12.8. The van der Waals surface area contributed by atoms with E-state index in [1.165, 1.54) is 21.9 Å². The van der Waals surface area contributed by atoms with Crippen molar-refractivity contribution in [1.29, 1.82) is 0 Å². The summed E-state index contributed by atoms with van der Waals surface area (Å²) >= 11 is 0. The van der Waals surface area contributed by atoms with Crippen LogP contribution in [0.4, 0.5) is 0 Å². The van der Waals surface area contributed by atoms with Crippen LogP contribution in [0.5, 0.6) is 0 Å². The molecule has 0 amide bonds. The molecule has 2 aromatic rings. The lowest BCUT2D eigenvalue weighted by molar-refractivity contribution is -0.144. The van der Waals surface area contributed by atoms with Crippen LogP contribution < -0.4 is 5.73 Å². The maximum absolute atomic E-state index is 11.7. The van der Waals surface area contributed by atoms with Gasteiger partial charge >= 0.3 is 5.97 Å². The Labute approximate surface area is 175 Å². The van der Waals surface area contributed by atoms with E-state index in [1.807, 2.05) is 0 Å². The molecule has 2 rings (SSSR count). The average molecular weight is 398 g/mol. The van der Waals surface area contributed by atoms with Crippen molar-refractivity contribution in [3.63, 3.8) is 0 Å². The van der Waals surface area contributed by atoms with Gasteiger partial charge in [-0.3, -0.25) is 4.79 Å². The number of benzene rings is 2. The monoisotopic (exact) mass is 398 g/mol. The van der Waals surface area contributed by atoms with Crippen molar-refractivity contribution in [2.24, 2.45) is 5.73 Å². The van der Waals surface area contributed by atoms with E-state index in [0.717, 1.165) is 32.4 Å². The first-order valence-corrected chi connectivity index (χ1v) is 10.6. The summed E-state index contributed by atoms with van der Waals surface area (Å²) in [5, 5.41) is 21.5. The number of unbranched alkanes of at least 4 members (excludes halogenated alkanes) is 1. The second-order valence-corrected chi connectivity index (χ2v) is 8.48. The molecule has 0 spiro atoms. The van der Waals surface area contributed by atoms with Gasteiger partial charge < -0.3 is 20.8 Å². The van der Waals surface area contributed by atoms with E-state index in [0.29, 0.717) is 19.2 Å². The van der Waals surface area contributed by atoms with E-state index < -0.39 is 11.5 Å². The van der Waals surface area contributed by atoms with E-state index in [-0.39, 0.29) is 6.92 Å². The minimum atomic E-state index is -1.18. The minimum absolute atomic E-state index is 0.349. The molecule has 0 aliphatic carbocycles. The Morgan fingerprint density at radius 1 is 1.10 bits per heavy atom. The highest BCUT2D eigenvalue weighted by Gasteiger charge is 2.32. The first kappa shape index (κ1) is 23.4.